The Hall–Kier alpha value is -2.18. The van der Waals surface area contributed by atoms with Crippen LogP contribution in [0.25, 0.3) is 11.1 Å². The SMILES string of the molecule is CN(C)S(=O)(=O)c1ccccc1-c1ccc(C=O)c(O)c1. The Bertz CT molecular complexity index is 782. The van der Waals surface area contributed by atoms with Crippen molar-refractivity contribution in [2.75, 3.05) is 14.1 Å². The summed E-state index contributed by atoms with van der Waals surface area (Å²) >= 11 is 0. The van der Waals surface area contributed by atoms with Crippen molar-refractivity contribution in [1.82, 2.24) is 4.31 Å². The molecule has 0 radical (unpaired) electrons. The van der Waals surface area contributed by atoms with Gasteiger partial charge in [0.15, 0.2) is 6.29 Å². The Morgan fingerprint density at radius 1 is 1.10 bits per heavy atom. The van der Waals surface area contributed by atoms with E-state index < -0.39 is 10.0 Å². The number of hydrogen-bond donors (Lipinski definition) is 1. The summed E-state index contributed by atoms with van der Waals surface area (Å²) < 4.78 is 25.8. The van der Waals surface area contributed by atoms with Crippen LogP contribution in [0.2, 0.25) is 0 Å². The fraction of sp³-hybridized carbons (Fsp3) is 0.133. The summed E-state index contributed by atoms with van der Waals surface area (Å²) in [5.74, 6) is -0.181. The predicted molar refractivity (Wildman–Crippen MR) is 79.8 cm³/mol. The number of phenolic OH excluding ortho intramolecular Hbond substituents is 1. The lowest BCUT2D eigenvalue weighted by Gasteiger charge is -2.15. The molecule has 0 aliphatic rings. The molecule has 2 rings (SSSR count). The van der Waals surface area contributed by atoms with Gasteiger partial charge in [-0.1, -0.05) is 24.3 Å². The molecule has 0 saturated carbocycles. The van der Waals surface area contributed by atoms with Crippen LogP contribution in [0, 0.1) is 0 Å². The molecule has 1 N–H and O–H groups in total. The summed E-state index contributed by atoms with van der Waals surface area (Å²) in [6, 6.07) is 11.0. The quantitative estimate of drug-likeness (QED) is 0.878. The molecule has 6 heteroatoms. The van der Waals surface area contributed by atoms with Gasteiger partial charge in [0.2, 0.25) is 10.0 Å². The van der Waals surface area contributed by atoms with Crippen molar-refractivity contribution in [3.05, 3.63) is 48.0 Å². The molecule has 0 fully saturated rings. The first-order valence-electron chi connectivity index (χ1n) is 6.18. The number of rotatable bonds is 4. The molecule has 0 amide bonds. The zero-order valence-electron chi connectivity index (χ0n) is 11.6. The van der Waals surface area contributed by atoms with E-state index in [0.717, 1.165) is 4.31 Å². The summed E-state index contributed by atoms with van der Waals surface area (Å²) in [5.41, 5.74) is 1.16. The van der Waals surface area contributed by atoms with Crippen LogP contribution < -0.4 is 0 Å². The Morgan fingerprint density at radius 3 is 2.33 bits per heavy atom. The van der Waals surface area contributed by atoms with Crippen molar-refractivity contribution in [3.8, 4) is 16.9 Å². The van der Waals surface area contributed by atoms with Crippen molar-refractivity contribution < 1.29 is 18.3 Å². The number of phenols is 1. The molecule has 0 heterocycles. The van der Waals surface area contributed by atoms with Gasteiger partial charge in [-0.25, -0.2) is 12.7 Å². The van der Waals surface area contributed by atoms with Gasteiger partial charge in [-0.05, 0) is 23.8 Å². The summed E-state index contributed by atoms with van der Waals surface area (Å²) in [6.45, 7) is 0. The van der Waals surface area contributed by atoms with E-state index in [4.69, 9.17) is 0 Å². The minimum absolute atomic E-state index is 0.147. The molecule has 21 heavy (non-hydrogen) atoms. The summed E-state index contributed by atoms with van der Waals surface area (Å²) in [5, 5.41) is 9.76. The Morgan fingerprint density at radius 2 is 1.76 bits per heavy atom. The fourth-order valence-corrected chi connectivity index (χ4v) is 3.05. The Balaban J connectivity index is 2.66. The van der Waals surface area contributed by atoms with E-state index in [-0.39, 0.29) is 16.2 Å². The number of nitrogens with zero attached hydrogens (tertiary/aromatic N) is 1. The number of sulfonamides is 1. The molecular formula is C15H15NO4S. The van der Waals surface area contributed by atoms with Gasteiger partial charge in [0.1, 0.15) is 5.75 Å². The summed E-state index contributed by atoms with van der Waals surface area (Å²) in [6.07, 6.45) is 0.543. The molecule has 0 unspecified atom stereocenters. The smallest absolute Gasteiger partial charge is 0.243 e. The predicted octanol–water partition coefficient (Wildman–Crippen LogP) is 2.12. The number of carbonyl (C=O) groups is 1. The molecule has 0 saturated heterocycles. The van der Waals surface area contributed by atoms with Crippen LogP contribution in [0.5, 0.6) is 5.75 Å². The van der Waals surface area contributed by atoms with Gasteiger partial charge in [-0.15, -0.1) is 0 Å². The van der Waals surface area contributed by atoms with Gasteiger partial charge in [0, 0.05) is 19.7 Å². The van der Waals surface area contributed by atoms with Crippen molar-refractivity contribution in [3.63, 3.8) is 0 Å². The molecule has 0 bridgehead atoms. The molecule has 2 aromatic carbocycles. The molecule has 0 spiro atoms. The van der Waals surface area contributed by atoms with Gasteiger partial charge < -0.3 is 5.11 Å². The molecule has 5 nitrogen and oxygen atoms in total. The molecule has 2 aromatic rings. The highest BCUT2D eigenvalue weighted by Gasteiger charge is 2.21. The zero-order chi connectivity index (χ0) is 15.6. The number of aromatic hydroxyl groups is 1. The van der Waals surface area contributed by atoms with E-state index in [0.29, 0.717) is 17.4 Å². The van der Waals surface area contributed by atoms with Crippen LogP contribution in [-0.4, -0.2) is 38.2 Å². The first-order chi connectivity index (χ1) is 9.87. The second-order valence-corrected chi connectivity index (χ2v) is 6.80. The van der Waals surface area contributed by atoms with E-state index in [9.17, 15) is 18.3 Å². The topological polar surface area (TPSA) is 74.7 Å². The summed E-state index contributed by atoms with van der Waals surface area (Å²) in [7, 11) is -0.687. The van der Waals surface area contributed by atoms with Crippen molar-refractivity contribution in [2.24, 2.45) is 0 Å². The highest BCUT2D eigenvalue weighted by molar-refractivity contribution is 7.89. The third-order valence-corrected chi connectivity index (χ3v) is 4.99. The first-order valence-corrected chi connectivity index (χ1v) is 7.62. The third-order valence-electron chi connectivity index (χ3n) is 3.11. The van der Waals surface area contributed by atoms with Crippen LogP contribution in [0.1, 0.15) is 10.4 Å². The van der Waals surface area contributed by atoms with Crippen LogP contribution in [0.4, 0.5) is 0 Å². The molecule has 0 aliphatic carbocycles. The van der Waals surface area contributed by atoms with E-state index in [2.05, 4.69) is 0 Å². The Labute approximate surface area is 123 Å². The van der Waals surface area contributed by atoms with E-state index >= 15 is 0 Å². The third kappa shape index (κ3) is 2.81. The van der Waals surface area contributed by atoms with Crippen molar-refractivity contribution in [1.29, 1.82) is 0 Å². The average Bonchev–Trinajstić information content (AvgIpc) is 2.47. The maximum atomic E-state index is 12.3. The number of carbonyl (C=O) groups excluding carboxylic acids is 1. The van der Waals surface area contributed by atoms with Crippen LogP contribution in [-0.2, 0) is 10.0 Å². The maximum absolute atomic E-state index is 12.3. The van der Waals surface area contributed by atoms with Gasteiger partial charge >= 0.3 is 0 Å². The van der Waals surface area contributed by atoms with E-state index in [1.807, 2.05) is 0 Å². The number of benzene rings is 2. The lowest BCUT2D eigenvalue weighted by Crippen LogP contribution is -2.22. The van der Waals surface area contributed by atoms with Gasteiger partial charge in [0.05, 0.1) is 10.5 Å². The monoisotopic (exact) mass is 305 g/mol. The Kier molecular flexibility index (Phi) is 4.11. The molecule has 0 atom stereocenters. The number of aldehydes is 1. The zero-order valence-corrected chi connectivity index (χ0v) is 12.5. The van der Waals surface area contributed by atoms with Crippen LogP contribution >= 0.6 is 0 Å². The van der Waals surface area contributed by atoms with Gasteiger partial charge in [-0.2, -0.15) is 0 Å². The van der Waals surface area contributed by atoms with Crippen molar-refractivity contribution in [2.45, 2.75) is 4.90 Å². The lowest BCUT2D eigenvalue weighted by atomic mass is 10.0. The van der Waals surface area contributed by atoms with E-state index in [1.165, 1.54) is 32.3 Å². The standard InChI is InChI=1S/C15H15NO4S/c1-16(2)21(19,20)15-6-4-3-5-13(15)11-7-8-12(10-17)14(18)9-11/h3-10,18H,1-2H3. The molecule has 0 aromatic heterocycles. The minimum atomic E-state index is -3.60. The summed E-state index contributed by atoms with van der Waals surface area (Å²) in [4.78, 5) is 10.9. The lowest BCUT2D eigenvalue weighted by molar-refractivity contribution is 0.112. The highest BCUT2D eigenvalue weighted by Crippen LogP contribution is 2.31. The van der Waals surface area contributed by atoms with Gasteiger partial charge in [0.25, 0.3) is 0 Å². The molecule has 110 valence electrons. The highest BCUT2D eigenvalue weighted by atomic mass is 32.2. The van der Waals surface area contributed by atoms with E-state index in [1.54, 1.807) is 24.3 Å². The molecule has 0 aliphatic heterocycles. The second kappa shape index (κ2) is 5.67. The maximum Gasteiger partial charge on any atom is 0.243 e. The van der Waals surface area contributed by atoms with Gasteiger partial charge in [-0.3, -0.25) is 4.79 Å². The molecular weight excluding hydrogens is 290 g/mol. The minimum Gasteiger partial charge on any atom is -0.507 e. The fourth-order valence-electron chi connectivity index (χ4n) is 1.94. The van der Waals surface area contributed by atoms with Crippen molar-refractivity contribution >= 4 is 16.3 Å². The largest absolute Gasteiger partial charge is 0.507 e. The van der Waals surface area contributed by atoms with Crippen LogP contribution in [0.3, 0.4) is 0 Å². The average molecular weight is 305 g/mol. The first kappa shape index (κ1) is 15.2. The normalized spacial score (nSPS) is 11.6. The number of hydrogen-bond acceptors (Lipinski definition) is 4. The second-order valence-electron chi connectivity index (χ2n) is 4.68. The van der Waals surface area contributed by atoms with Crippen LogP contribution in [0.15, 0.2) is 47.4 Å².